The van der Waals surface area contributed by atoms with Crippen LogP contribution < -0.4 is 5.43 Å². The van der Waals surface area contributed by atoms with Crippen LogP contribution >= 0.6 is 0 Å². The van der Waals surface area contributed by atoms with Crippen molar-refractivity contribution in [1.82, 2.24) is 0 Å². The summed E-state index contributed by atoms with van der Waals surface area (Å²) in [6.45, 7) is 0. The van der Waals surface area contributed by atoms with E-state index in [4.69, 9.17) is 4.42 Å². The molecule has 3 aromatic rings. The summed E-state index contributed by atoms with van der Waals surface area (Å²) in [6, 6.07) is 16.5. The molecule has 0 unspecified atom stereocenters. The molecule has 1 heterocycles. The van der Waals surface area contributed by atoms with E-state index in [0.29, 0.717) is 33.0 Å². The molecule has 32 heavy (non-hydrogen) atoms. The smallest absolute Gasteiger partial charge is 0.336 e. The van der Waals surface area contributed by atoms with Crippen LogP contribution in [0.4, 0.5) is 0 Å². The maximum absolute atomic E-state index is 12.1. The van der Waals surface area contributed by atoms with E-state index in [2.05, 4.69) is 0 Å². The van der Waals surface area contributed by atoms with Gasteiger partial charge in [0.1, 0.15) is 17.1 Å². The van der Waals surface area contributed by atoms with Crippen LogP contribution in [-0.2, 0) is 0 Å². The van der Waals surface area contributed by atoms with Crippen molar-refractivity contribution in [2.75, 3.05) is 0 Å². The van der Waals surface area contributed by atoms with Crippen LogP contribution in [0.5, 0.6) is 5.75 Å². The van der Waals surface area contributed by atoms with Gasteiger partial charge in [0, 0.05) is 22.6 Å². The summed E-state index contributed by atoms with van der Waals surface area (Å²) in [5.74, 6) is -2.18. The number of aromatic carboxylic acids is 2. The number of phenolic OH excluding ortho intramolecular Hbond substituents is 1. The quantitative estimate of drug-likeness (QED) is 0.353. The molecule has 0 radical (unpaired) electrons. The zero-order valence-electron chi connectivity index (χ0n) is 16.3. The third-order valence-corrected chi connectivity index (χ3v) is 5.40. The van der Waals surface area contributed by atoms with Crippen molar-refractivity contribution < 1.29 is 29.3 Å². The summed E-state index contributed by atoms with van der Waals surface area (Å²) < 4.78 is 5.98. The molecule has 5 rings (SSSR count). The molecule has 7 nitrogen and oxygen atoms in total. The highest BCUT2D eigenvalue weighted by atomic mass is 16.4. The summed E-state index contributed by atoms with van der Waals surface area (Å²) in [7, 11) is 0. The summed E-state index contributed by atoms with van der Waals surface area (Å²) in [4.78, 5) is 35.4. The Morgan fingerprint density at radius 1 is 0.750 bits per heavy atom. The van der Waals surface area contributed by atoms with E-state index in [1.54, 1.807) is 30.3 Å². The highest BCUT2D eigenvalue weighted by molar-refractivity contribution is 6.11. The number of phenols is 1. The van der Waals surface area contributed by atoms with Crippen LogP contribution in [-0.4, -0.2) is 27.3 Å². The van der Waals surface area contributed by atoms with Gasteiger partial charge in [-0.25, -0.2) is 9.59 Å². The highest BCUT2D eigenvalue weighted by Crippen LogP contribution is 2.42. The molecule has 0 amide bonds. The monoisotopic (exact) mass is 426 g/mol. The minimum atomic E-state index is -1.28. The number of hydrogen-bond acceptors (Lipinski definition) is 5. The van der Waals surface area contributed by atoms with E-state index < -0.39 is 11.9 Å². The lowest BCUT2D eigenvalue weighted by Crippen LogP contribution is -2.06. The van der Waals surface area contributed by atoms with Gasteiger partial charge in [0.25, 0.3) is 0 Å². The summed E-state index contributed by atoms with van der Waals surface area (Å²) >= 11 is 0. The standard InChI is InChI=1S/C25H14O7/c26-15-3-1-12-8-20-21(10-14(12)7-15)32-22-11-16(27)4-6-18(22)23(20)17-5-2-13(24(28)29)9-19(17)25(30)31/h1-11,26H,(H,28,29)(H,30,31). The van der Waals surface area contributed by atoms with E-state index in [1.165, 1.54) is 24.3 Å². The minimum Gasteiger partial charge on any atom is -0.508 e. The molecule has 0 fully saturated rings. The Balaban J connectivity index is 1.97. The van der Waals surface area contributed by atoms with Crippen molar-refractivity contribution in [1.29, 1.82) is 0 Å². The van der Waals surface area contributed by atoms with Crippen LogP contribution in [0.1, 0.15) is 20.7 Å². The van der Waals surface area contributed by atoms with E-state index in [9.17, 15) is 29.7 Å². The predicted octanol–water partition coefficient (Wildman–Crippen LogP) is 4.82. The maximum Gasteiger partial charge on any atom is 0.336 e. The van der Waals surface area contributed by atoms with E-state index in [1.807, 2.05) is 6.07 Å². The fraction of sp³-hybridized carbons (Fsp3) is 0. The lowest BCUT2D eigenvalue weighted by Gasteiger charge is -2.17. The number of benzene rings is 4. The molecule has 156 valence electrons. The van der Waals surface area contributed by atoms with E-state index >= 15 is 0 Å². The zero-order valence-corrected chi connectivity index (χ0v) is 16.3. The first-order chi connectivity index (χ1) is 15.3. The summed E-state index contributed by atoms with van der Waals surface area (Å²) in [5.41, 5.74) is 1.09. The first-order valence-electron chi connectivity index (χ1n) is 9.56. The second kappa shape index (κ2) is 6.95. The number of hydrogen-bond donors (Lipinski definition) is 3. The largest absolute Gasteiger partial charge is 0.508 e. The Hall–Kier alpha value is -4.65. The molecule has 0 saturated carbocycles. The molecule has 7 heteroatoms. The van der Waals surface area contributed by atoms with Gasteiger partial charge >= 0.3 is 11.9 Å². The minimum absolute atomic E-state index is 0.0807. The zero-order chi connectivity index (χ0) is 22.6. The molecular weight excluding hydrogens is 412 g/mol. The molecule has 3 N–H and O–H groups in total. The van der Waals surface area contributed by atoms with E-state index in [-0.39, 0.29) is 28.1 Å². The normalized spacial score (nSPS) is 11.2. The van der Waals surface area contributed by atoms with Crippen molar-refractivity contribution in [3.63, 3.8) is 0 Å². The number of carbonyl (C=O) groups is 2. The van der Waals surface area contributed by atoms with Gasteiger partial charge in [-0.15, -0.1) is 0 Å². The number of carboxylic acids is 2. The first-order valence-corrected chi connectivity index (χ1v) is 9.56. The van der Waals surface area contributed by atoms with Crippen molar-refractivity contribution in [2.45, 2.75) is 0 Å². The molecule has 0 spiro atoms. The Kier molecular flexibility index (Phi) is 4.20. The average Bonchev–Trinajstić information content (AvgIpc) is 2.75. The molecule has 1 aliphatic carbocycles. The second-order valence-corrected chi connectivity index (χ2v) is 7.39. The fourth-order valence-corrected chi connectivity index (χ4v) is 3.96. The topological polar surface area (TPSA) is 125 Å². The number of rotatable bonds is 3. The third kappa shape index (κ3) is 3.04. The van der Waals surface area contributed by atoms with Gasteiger partial charge in [-0.3, -0.25) is 4.79 Å². The maximum atomic E-state index is 12.1. The molecule has 0 saturated heterocycles. The Bertz CT molecular complexity index is 1610. The van der Waals surface area contributed by atoms with Crippen LogP contribution in [0.15, 0.2) is 75.9 Å². The molecule has 1 aliphatic heterocycles. The van der Waals surface area contributed by atoms with E-state index in [0.717, 1.165) is 11.5 Å². The molecule has 0 bridgehead atoms. The average molecular weight is 426 g/mol. The Morgan fingerprint density at radius 2 is 1.53 bits per heavy atom. The van der Waals surface area contributed by atoms with Crippen LogP contribution in [0.25, 0.3) is 44.2 Å². The number of aromatic hydroxyl groups is 1. The lowest BCUT2D eigenvalue weighted by molar-refractivity contribution is 0.0696. The lowest BCUT2D eigenvalue weighted by atomic mass is 9.89. The summed E-state index contributed by atoms with van der Waals surface area (Å²) in [6.07, 6.45) is 0. The van der Waals surface area contributed by atoms with Crippen molar-refractivity contribution in [3.8, 4) is 28.2 Å². The first kappa shape index (κ1) is 19.3. The van der Waals surface area contributed by atoms with Gasteiger partial charge in [0.15, 0.2) is 5.43 Å². The highest BCUT2D eigenvalue weighted by Gasteiger charge is 2.23. The number of carboxylic acid groups (broad SMARTS) is 2. The molecule has 2 aliphatic rings. The van der Waals surface area contributed by atoms with Crippen LogP contribution in [0.2, 0.25) is 0 Å². The number of fused-ring (bicyclic) bond motifs is 3. The van der Waals surface area contributed by atoms with Gasteiger partial charge in [-0.2, -0.15) is 0 Å². The second-order valence-electron chi connectivity index (χ2n) is 7.39. The van der Waals surface area contributed by atoms with Crippen molar-refractivity contribution in [2.24, 2.45) is 0 Å². The van der Waals surface area contributed by atoms with Crippen molar-refractivity contribution >= 4 is 33.7 Å². The van der Waals surface area contributed by atoms with Gasteiger partial charge in [0.05, 0.1) is 11.1 Å². The predicted molar refractivity (Wildman–Crippen MR) is 118 cm³/mol. The Morgan fingerprint density at radius 3 is 2.28 bits per heavy atom. The summed E-state index contributed by atoms with van der Waals surface area (Å²) in [5, 5.41) is 31.0. The fourth-order valence-electron chi connectivity index (χ4n) is 3.96. The third-order valence-electron chi connectivity index (χ3n) is 5.40. The molecule has 0 atom stereocenters. The SMILES string of the molecule is O=C(O)c1ccc(-c2c3ccc(=O)cc-3oc3cc4cc(O)ccc4cc23)c(C(=O)O)c1. The Labute approximate surface area is 179 Å². The van der Waals surface area contributed by atoms with Crippen LogP contribution in [0.3, 0.4) is 0 Å². The molecule has 0 aromatic heterocycles. The molecular formula is C25H14O7. The van der Waals surface area contributed by atoms with Gasteiger partial charge < -0.3 is 19.7 Å². The molecule has 3 aromatic carbocycles. The van der Waals surface area contributed by atoms with Crippen molar-refractivity contribution in [3.05, 3.63) is 88.1 Å². The van der Waals surface area contributed by atoms with Crippen LogP contribution in [0, 0.1) is 0 Å². The van der Waals surface area contributed by atoms with Gasteiger partial charge in [-0.05, 0) is 64.9 Å². The van der Waals surface area contributed by atoms with Gasteiger partial charge in [0.2, 0.25) is 0 Å². The van der Waals surface area contributed by atoms with Gasteiger partial charge in [-0.1, -0.05) is 12.1 Å².